The molecule has 1 unspecified atom stereocenters. The molecule has 0 fully saturated rings. The Labute approximate surface area is 133 Å². The van der Waals surface area contributed by atoms with Gasteiger partial charge in [-0.15, -0.1) is 0 Å². The van der Waals surface area contributed by atoms with E-state index in [0.717, 1.165) is 28.4 Å². The lowest BCUT2D eigenvalue weighted by atomic mass is 10.2. The summed E-state index contributed by atoms with van der Waals surface area (Å²) in [7, 11) is 0. The van der Waals surface area contributed by atoms with Gasteiger partial charge in [-0.2, -0.15) is 11.8 Å². The van der Waals surface area contributed by atoms with Gasteiger partial charge >= 0.3 is 5.97 Å². The van der Waals surface area contributed by atoms with E-state index >= 15 is 0 Å². The number of aliphatic carboxylic acids is 1. The molecular weight excluding hydrogens is 304 g/mol. The van der Waals surface area contributed by atoms with Gasteiger partial charge in [-0.3, -0.25) is 4.79 Å². The van der Waals surface area contributed by atoms with Crippen LogP contribution in [0.3, 0.4) is 0 Å². The van der Waals surface area contributed by atoms with E-state index in [9.17, 15) is 4.79 Å². The molecule has 0 aliphatic heterocycles. The molecule has 21 heavy (non-hydrogen) atoms. The number of benzene rings is 1. The lowest BCUT2D eigenvalue weighted by molar-refractivity contribution is -0.133. The zero-order valence-corrected chi connectivity index (χ0v) is 14.1. The van der Waals surface area contributed by atoms with Crippen molar-refractivity contribution in [3.05, 3.63) is 23.8 Å². The third kappa shape index (κ3) is 3.95. The molecule has 1 N–H and O–H groups in total. The molecule has 0 aliphatic carbocycles. The number of rotatable bonds is 7. The minimum absolute atomic E-state index is 0.0392. The Morgan fingerprint density at radius 3 is 2.90 bits per heavy atom. The van der Waals surface area contributed by atoms with Gasteiger partial charge in [0, 0.05) is 6.04 Å². The average Bonchev–Trinajstić information content (AvgIpc) is 2.80. The van der Waals surface area contributed by atoms with Crippen molar-refractivity contribution in [2.45, 2.75) is 31.5 Å². The van der Waals surface area contributed by atoms with Gasteiger partial charge in [0.1, 0.15) is 0 Å². The molecule has 0 radical (unpaired) electrons. The summed E-state index contributed by atoms with van der Waals surface area (Å²) in [6.07, 6.45) is 3.14. The van der Waals surface area contributed by atoms with E-state index in [1.165, 1.54) is 17.3 Å². The van der Waals surface area contributed by atoms with E-state index in [1.807, 2.05) is 23.9 Å². The molecule has 114 valence electrons. The third-order valence-corrected chi connectivity index (χ3v) is 4.90. The highest BCUT2D eigenvalue weighted by Gasteiger charge is 2.17. The Balaban J connectivity index is 2.42. The summed E-state index contributed by atoms with van der Waals surface area (Å²) in [4.78, 5) is 15.4. The number of carboxylic acid groups (broad SMARTS) is 1. The molecule has 0 amide bonds. The van der Waals surface area contributed by atoms with Crippen molar-refractivity contribution in [2.24, 2.45) is 0 Å². The predicted molar refractivity (Wildman–Crippen MR) is 90.5 cm³/mol. The number of imidazole rings is 1. The first-order valence-corrected chi connectivity index (χ1v) is 9.23. The molecule has 0 spiro atoms. The molecule has 0 aliphatic rings. The highest BCUT2D eigenvalue weighted by atomic mass is 32.2. The Morgan fingerprint density at radius 1 is 1.48 bits per heavy atom. The molecule has 0 saturated heterocycles. The number of hydrogen-bond donors (Lipinski definition) is 1. The number of aromatic nitrogens is 2. The summed E-state index contributed by atoms with van der Waals surface area (Å²) in [5.74, 6) is 0.305. The maximum Gasteiger partial charge on any atom is 0.313 e. The van der Waals surface area contributed by atoms with Crippen molar-refractivity contribution in [1.29, 1.82) is 0 Å². The lowest BCUT2D eigenvalue weighted by Gasteiger charge is -2.16. The van der Waals surface area contributed by atoms with Gasteiger partial charge < -0.3 is 9.67 Å². The number of carbonyl (C=O) groups is 1. The van der Waals surface area contributed by atoms with E-state index in [-0.39, 0.29) is 5.75 Å². The summed E-state index contributed by atoms with van der Waals surface area (Å²) < 4.78 is 2.19. The van der Waals surface area contributed by atoms with Gasteiger partial charge in [0.25, 0.3) is 0 Å². The van der Waals surface area contributed by atoms with Crippen LogP contribution in [0.25, 0.3) is 11.0 Å². The van der Waals surface area contributed by atoms with Gasteiger partial charge in [0.15, 0.2) is 5.16 Å². The van der Waals surface area contributed by atoms with Crippen LogP contribution in [0.2, 0.25) is 0 Å². The molecule has 1 atom stereocenters. The topological polar surface area (TPSA) is 55.1 Å². The van der Waals surface area contributed by atoms with Crippen molar-refractivity contribution in [3.8, 4) is 0 Å². The van der Waals surface area contributed by atoms with Crippen LogP contribution >= 0.6 is 23.5 Å². The zero-order valence-electron chi connectivity index (χ0n) is 12.5. The minimum atomic E-state index is -0.813. The maximum atomic E-state index is 10.8. The quantitative estimate of drug-likeness (QED) is 0.784. The van der Waals surface area contributed by atoms with Gasteiger partial charge in [-0.25, -0.2) is 4.98 Å². The second-order valence-electron chi connectivity index (χ2n) is 5.07. The number of nitrogens with zero attached hydrogens (tertiary/aromatic N) is 2. The first-order valence-electron chi connectivity index (χ1n) is 6.85. The average molecular weight is 324 g/mol. The van der Waals surface area contributed by atoms with Gasteiger partial charge in [0.2, 0.25) is 0 Å². The van der Waals surface area contributed by atoms with E-state index in [4.69, 9.17) is 5.11 Å². The molecule has 6 heteroatoms. The van der Waals surface area contributed by atoms with E-state index in [1.54, 1.807) is 0 Å². The number of aryl methyl sites for hydroxylation is 1. The van der Waals surface area contributed by atoms with E-state index in [2.05, 4.69) is 35.7 Å². The van der Waals surface area contributed by atoms with Crippen LogP contribution < -0.4 is 0 Å². The molecule has 1 aromatic heterocycles. The fourth-order valence-electron chi connectivity index (χ4n) is 2.25. The highest BCUT2D eigenvalue weighted by Crippen LogP contribution is 2.30. The Hall–Kier alpha value is -1.14. The van der Waals surface area contributed by atoms with Gasteiger partial charge in [0.05, 0.1) is 16.8 Å². The monoisotopic (exact) mass is 324 g/mol. The highest BCUT2D eigenvalue weighted by molar-refractivity contribution is 7.99. The number of thioether (sulfide) groups is 2. The Morgan fingerprint density at radius 2 is 2.24 bits per heavy atom. The third-order valence-electron chi connectivity index (χ3n) is 3.32. The molecule has 1 heterocycles. The van der Waals surface area contributed by atoms with Crippen molar-refractivity contribution in [1.82, 2.24) is 9.55 Å². The summed E-state index contributed by atoms with van der Waals surface area (Å²) in [6, 6.07) is 6.48. The largest absolute Gasteiger partial charge is 0.481 e. The van der Waals surface area contributed by atoms with Crippen LogP contribution in [0.4, 0.5) is 0 Å². The molecule has 4 nitrogen and oxygen atoms in total. The second-order valence-corrected chi connectivity index (χ2v) is 7.00. The summed E-state index contributed by atoms with van der Waals surface area (Å²) in [5, 5.41) is 9.70. The van der Waals surface area contributed by atoms with Gasteiger partial charge in [-0.1, -0.05) is 17.8 Å². The standard InChI is InChI=1S/C15H20N2O2S2/c1-10-4-5-12-13(8-10)17(11(2)6-7-20-3)15(16-12)21-9-14(18)19/h4-5,8,11H,6-7,9H2,1-3H3,(H,18,19). The fourth-order valence-corrected chi connectivity index (χ4v) is 3.66. The van der Waals surface area contributed by atoms with E-state index in [0.29, 0.717) is 6.04 Å². The Kier molecular flexibility index (Phi) is 5.58. The molecular formula is C15H20N2O2S2. The normalized spacial score (nSPS) is 12.7. The molecule has 1 aromatic carbocycles. The maximum absolute atomic E-state index is 10.8. The fraction of sp³-hybridized carbons (Fsp3) is 0.467. The predicted octanol–water partition coefficient (Wildman–Crippen LogP) is 3.84. The van der Waals surface area contributed by atoms with Crippen molar-refractivity contribution in [3.63, 3.8) is 0 Å². The number of fused-ring (bicyclic) bond motifs is 1. The van der Waals surface area contributed by atoms with Crippen LogP contribution in [0.15, 0.2) is 23.4 Å². The van der Waals surface area contributed by atoms with Crippen LogP contribution in [0.1, 0.15) is 24.9 Å². The van der Waals surface area contributed by atoms with E-state index < -0.39 is 5.97 Å². The SMILES string of the molecule is CSCCC(C)n1c(SCC(=O)O)nc2ccc(C)cc21. The molecule has 0 bridgehead atoms. The van der Waals surface area contributed by atoms with Crippen LogP contribution in [-0.2, 0) is 4.79 Å². The molecule has 2 rings (SSSR count). The van der Waals surface area contributed by atoms with Crippen molar-refractivity contribution >= 4 is 40.5 Å². The summed E-state index contributed by atoms with van der Waals surface area (Å²) in [5.41, 5.74) is 3.22. The minimum Gasteiger partial charge on any atom is -0.481 e. The van der Waals surface area contributed by atoms with Crippen molar-refractivity contribution < 1.29 is 9.90 Å². The summed E-state index contributed by atoms with van der Waals surface area (Å²) in [6.45, 7) is 4.23. The van der Waals surface area contributed by atoms with Crippen LogP contribution in [-0.4, -0.2) is 38.4 Å². The van der Waals surface area contributed by atoms with Crippen LogP contribution in [0.5, 0.6) is 0 Å². The Bertz CT molecular complexity index is 640. The first-order chi connectivity index (χ1) is 10.0. The molecule has 0 saturated carbocycles. The second kappa shape index (κ2) is 7.22. The number of carboxylic acids is 1. The first kappa shape index (κ1) is 16.2. The molecule has 2 aromatic rings. The van der Waals surface area contributed by atoms with Crippen LogP contribution in [0, 0.1) is 6.92 Å². The van der Waals surface area contributed by atoms with Gasteiger partial charge in [-0.05, 0) is 50.0 Å². The smallest absolute Gasteiger partial charge is 0.313 e. The number of hydrogen-bond acceptors (Lipinski definition) is 4. The van der Waals surface area contributed by atoms with Crippen molar-refractivity contribution in [2.75, 3.05) is 17.8 Å². The lowest BCUT2D eigenvalue weighted by Crippen LogP contribution is -2.09. The zero-order chi connectivity index (χ0) is 15.4. The summed E-state index contributed by atoms with van der Waals surface area (Å²) >= 11 is 3.12.